The van der Waals surface area contributed by atoms with Crippen LogP contribution in [0.25, 0.3) is 11.0 Å². The van der Waals surface area contributed by atoms with Crippen molar-refractivity contribution in [2.75, 3.05) is 11.9 Å². The van der Waals surface area contributed by atoms with E-state index in [4.69, 9.17) is 9.15 Å². The highest BCUT2D eigenvalue weighted by Gasteiger charge is 2.18. The number of hydrogen-bond donors (Lipinski definition) is 1. The Morgan fingerprint density at radius 1 is 1.16 bits per heavy atom. The topological polar surface area (TPSA) is 51.5 Å². The molecule has 0 fully saturated rings. The summed E-state index contributed by atoms with van der Waals surface area (Å²) in [7, 11) is 0. The van der Waals surface area contributed by atoms with Crippen LogP contribution in [0.15, 0.2) is 46.9 Å². The summed E-state index contributed by atoms with van der Waals surface area (Å²) in [5.74, 6) is 0.794. The van der Waals surface area contributed by atoms with Crippen LogP contribution in [0.2, 0.25) is 0 Å². The molecule has 0 spiro atoms. The molecule has 4 rings (SSSR count). The Morgan fingerprint density at radius 3 is 2.88 bits per heavy atom. The first-order valence-corrected chi connectivity index (χ1v) is 8.42. The van der Waals surface area contributed by atoms with Gasteiger partial charge in [0, 0.05) is 17.4 Å². The van der Waals surface area contributed by atoms with E-state index in [2.05, 4.69) is 5.32 Å². The van der Waals surface area contributed by atoms with Crippen molar-refractivity contribution < 1.29 is 18.3 Å². The van der Waals surface area contributed by atoms with Gasteiger partial charge < -0.3 is 14.5 Å². The molecule has 5 heteroatoms. The standard InChI is InChI=1S/C20H18FNO3/c21-16-6-2-3-7-17(16)22-20(23)12-24-13-9-10-19-15(11-13)14-5-1-4-8-18(14)25-19/h2-3,6-7,9-11H,1,4-5,8,12H2,(H,22,23). The number of hydrogen-bond acceptors (Lipinski definition) is 3. The van der Waals surface area contributed by atoms with Gasteiger partial charge in [0.15, 0.2) is 6.61 Å². The number of amides is 1. The van der Waals surface area contributed by atoms with E-state index >= 15 is 0 Å². The lowest BCUT2D eigenvalue weighted by molar-refractivity contribution is -0.118. The third-order valence-corrected chi connectivity index (χ3v) is 4.44. The van der Waals surface area contributed by atoms with Gasteiger partial charge in [-0.05, 0) is 49.6 Å². The number of nitrogens with one attached hydrogen (secondary N) is 1. The molecular formula is C20H18FNO3. The van der Waals surface area contributed by atoms with Crippen LogP contribution in [0.1, 0.15) is 24.2 Å². The van der Waals surface area contributed by atoms with E-state index in [1.807, 2.05) is 12.1 Å². The molecule has 1 aliphatic carbocycles. The van der Waals surface area contributed by atoms with Crippen molar-refractivity contribution in [3.05, 3.63) is 59.6 Å². The van der Waals surface area contributed by atoms with Crippen LogP contribution in [0.5, 0.6) is 5.75 Å². The van der Waals surface area contributed by atoms with Gasteiger partial charge in [-0.3, -0.25) is 4.79 Å². The number of aryl methyl sites for hydroxylation is 2. The smallest absolute Gasteiger partial charge is 0.262 e. The van der Waals surface area contributed by atoms with E-state index in [-0.39, 0.29) is 12.3 Å². The summed E-state index contributed by atoms with van der Waals surface area (Å²) in [5, 5.41) is 3.56. The number of benzene rings is 2. The molecule has 0 atom stereocenters. The molecular weight excluding hydrogens is 321 g/mol. The highest BCUT2D eigenvalue weighted by molar-refractivity contribution is 5.92. The van der Waals surface area contributed by atoms with Crippen molar-refractivity contribution in [3.8, 4) is 5.75 Å². The Kier molecular flexibility index (Phi) is 4.14. The summed E-state index contributed by atoms with van der Waals surface area (Å²) in [4.78, 5) is 12.0. The number of carbonyl (C=O) groups is 1. The van der Waals surface area contributed by atoms with Crippen LogP contribution in [-0.2, 0) is 17.6 Å². The molecule has 0 saturated carbocycles. The number of furan rings is 1. The molecule has 3 aromatic rings. The van der Waals surface area contributed by atoms with Gasteiger partial charge in [0.25, 0.3) is 5.91 Å². The molecule has 0 saturated heterocycles. The summed E-state index contributed by atoms with van der Waals surface area (Å²) < 4.78 is 25.0. The third-order valence-electron chi connectivity index (χ3n) is 4.44. The lowest BCUT2D eigenvalue weighted by Gasteiger charge is -2.09. The second kappa shape index (κ2) is 6.59. The van der Waals surface area contributed by atoms with Crippen molar-refractivity contribution in [2.24, 2.45) is 0 Å². The molecule has 0 aliphatic heterocycles. The molecule has 1 heterocycles. The normalized spacial score (nSPS) is 13.5. The summed E-state index contributed by atoms with van der Waals surface area (Å²) >= 11 is 0. The van der Waals surface area contributed by atoms with E-state index in [1.165, 1.54) is 17.7 Å². The number of ether oxygens (including phenoxy) is 1. The largest absolute Gasteiger partial charge is 0.484 e. The van der Waals surface area contributed by atoms with Gasteiger partial charge in [0.2, 0.25) is 0 Å². The lowest BCUT2D eigenvalue weighted by atomic mass is 9.96. The molecule has 0 radical (unpaired) electrons. The average Bonchev–Trinajstić information content (AvgIpc) is 3.00. The number of carbonyl (C=O) groups excluding carboxylic acids is 1. The zero-order valence-corrected chi connectivity index (χ0v) is 13.7. The molecule has 4 nitrogen and oxygen atoms in total. The van der Waals surface area contributed by atoms with Gasteiger partial charge in [-0.1, -0.05) is 12.1 Å². The van der Waals surface area contributed by atoms with Crippen LogP contribution in [0.4, 0.5) is 10.1 Å². The van der Waals surface area contributed by atoms with E-state index in [9.17, 15) is 9.18 Å². The summed E-state index contributed by atoms with van der Waals surface area (Å²) in [6, 6.07) is 11.6. The Labute approximate surface area is 144 Å². The minimum absolute atomic E-state index is 0.149. The zero-order chi connectivity index (χ0) is 17.2. The number of rotatable bonds is 4. The van der Waals surface area contributed by atoms with Gasteiger partial charge in [0.1, 0.15) is 22.9 Å². The van der Waals surface area contributed by atoms with Crippen molar-refractivity contribution in [1.29, 1.82) is 0 Å². The number of halogens is 1. The molecule has 0 bridgehead atoms. The summed E-state index contributed by atoms with van der Waals surface area (Å²) in [6.07, 6.45) is 4.31. The van der Waals surface area contributed by atoms with E-state index in [0.29, 0.717) is 5.75 Å². The van der Waals surface area contributed by atoms with Gasteiger partial charge >= 0.3 is 0 Å². The van der Waals surface area contributed by atoms with Crippen molar-refractivity contribution in [1.82, 2.24) is 0 Å². The Bertz CT molecular complexity index is 932. The van der Waals surface area contributed by atoms with E-state index < -0.39 is 11.7 Å². The molecule has 2 aromatic carbocycles. The highest BCUT2D eigenvalue weighted by atomic mass is 19.1. The SMILES string of the molecule is O=C(COc1ccc2oc3c(c2c1)CCCC3)Nc1ccccc1F. The predicted molar refractivity (Wildman–Crippen MR) is 93.4 cm³/mol. The molecule has 1 aliphatic rings. The first kappa shape index (κ1) is 15.7. The maximum Gasteiger partial charge on any atom is 0.262 e. The number of anilines is 1. The highest BCUT2D eigenvalue weighted by Crippen LogP contribution is 2.33. The second-order valence-electron chi connectivity index (χ2n) is 6.19. The number of para-hydroxylation sites is 1. The second-order valence-corrected chi connectivity index (χ2v) is 6.19. The van der Waals surface area contributed by atoms with Crippen LogP contribution < -0.4 is 10.1 Å². The molecule has 1 N–H and O–H groups in total. The molecule has 25 heavy (non-hydrogen) atoms. The summed E-state index contributed by atoms with van der Waals surface area (Å²) in [6.45, 7) is -0.181. The molecule has 1 amide bonds. The van der Waals surface area contributed by atoms with Crippen LogP contribution in [0.3, 0.4) is 0 Å². The fraction of sp³-hybridized carbons (Fsp3) is 0.250. The zero-order valence-electron chi connectivity index (χ0n) is 13.7. The third kappa shape index (κ3) is 3.22. The van der Waals surface area contributed by atoms with Crippen LogP contribution in [-0.4, -0.2) is 12.5 Å². The average molecular weight is 339 g/mol. The van der Waals surface area contributed by atoms with Crippen LogP contribution >= 0.6 is 0 Å². The molecule has 128 valence electrons. The Hall–Kier alpha value is -2.82. The fourth-order valence-corrected chi connectivity index (χ4v) is 3.23. The lowest BCUT2D eigenvalue weighted by Crippen LogP contribution is -2.20. The first-order valence-electron chi connectivity index (χ1n) is 8.42. The monoisotopic (exact) mass is 339 g/mol. The van der Waals surface area contributed by atoms with Gasteiger partial charge in [0.05, 0.1) is 5.69 Å². The van der Waals surface area contributed by atoms with Crippen molar-refractivity contribution >= 4 is 22.6 Å². The Morgan fingerprint density at radius 2 is 2.00 bits per heavy atom. The minimum Gasteiger partial charge on any atom is -0.484 e. The minimum atomic E-state index is -0.470. The maximum absolute atomic E-state index is 13.5. The maximum atomic E-state index is 13.5. The van der Waals surface area contributed by atoms with E-state index in [1.54, 1.807) is 18.2 Å². The summed E-state index contributed by atoms with van der Waals surface area (Å²) in [5.41, 5.74) is 2.26. The van der Waals surface area contributed by atoms with Crippen molar-refractivity contribution in [2.45, 2.75) is 25.7 Å². The quantitative estimate of drug-likeness (QED) is 0.763. The van der Waals surface area contributed by atoms with Gasteiger partial charge in [-0.15, -0.1) is 0 Å². The first-order chi connectivity index (χ1) is 12.2. The van der Waals surface area contributed by atoms with Crippen LogP contribution in [0, 0.1) is 5.82 Å². The Balaban J connectivity index is 1.46. The predicted octanol–water partition coefficient (Wildman–Crippen LogP) is 4.47. The van der Waals surface area contributed by atoms with Gasteiger partial charge in [-0.2, -0.15) is 0 Å². The van der Waals surface area contributed by atoms with E-state index in [0.717, 1.165) is 42.4 Å². The molecule has 1 aromatic heterocycles. The van der Waals surface area contributed by atoms with Gasteiger partial charge in [-0.25, -0.2) is 4.39 Å². The number of fused-ring (bicyclic) bond motifs is 3. The molecule has 0 unspecified atom stereocenters. The fourth-order valence-electron chi connectivity index (χ4n) is 3.23. The van der Waals surface area contributed by atoms with Crippen molar-refractivity contribution in [3.63, 3.8) is 0 Å².